The number of piperidine rings is 1. The molecule has 0 saturated carbocycles. The first-order valence-electron chi connectivity index (χ1n) is 10.1. The first-order valence-corrected chi connectivity index (χ1v) is 11.5. The topological polar surface area (TPSA) is 55.2 Å². The van der Waals surface area contributed by atoms with E-state index in [0.717, 1.165) is 49.0 Å². The van der Waals surface area contributed by atoms with Gasteiger partial charge in [0.2, 0.25) is 10.0 Å². The van der Waals surface area contributed by atoms with Crippen LogP contribution in [-0.2, 0) is 29.9 Å². The monoisotopic (exact) mass is 395 g/mol. The van der Waals surface area contributed by atoms with E-state index in [1.54, 1.807) is 10.4 Å². The molecule has 1 atom stereocenters. The van der Waals surface area contributed by atoms with Crippen LogP contribution >= 0.6 is 0 Å². The van der Waals surface area contributed by atoms with Gasteiger partial charge in [-0.05, 0) is 67.5 Å². The molecular formula is C22H25N3O2S. The molecule has 146 valence electrons. The van der Waals surface area contributed by atoms with Gasteiger partial charge in [-0.15, -0.1) is 0 Å². The van der Waals surface area contributed by atoms with Crippen molar-refractivity contribution in [1.82, 2.24) is 13.9 Å². The fourth-order valence-corrected chi connectivity index (χ4v) is 6.33. The van der Waals surface area contributed by atoms with E-state index < -0.39 is 10.0 Å². The molecule has 1 aliphatic carbocycles. The molecular weight excluding hydrogens is 370 g/mol. The number of aromatic nitrogens is 2. The second kappa shape index (κ2) is 6.71. The summed E-state index contributed by atoms with van der Waals surface area (Å²) < 4.78 is 30.4. The molecule has 0 amide bonds. The van der Waals surface area contributed by atoms with Crippen LogP contribution in [0.1, 0.15) is 42.1 Å². The van der Waals surface area contributed by atoms with E-state index in [9.17, 15) is 8.42 Å². The summed E-state index contributed by atoms with van der Waals surface area (Å²) in [5.41, 5.74) is 4.56. The molecule has 5 rings (SSSR count). The molecule has 1 saturated heterocycles. The van der Waals surface area contributed by atoms with E-state index in [4.69, 9.17) is 4.98 Å². The van der Waals surface area contributed by atoms with Crippen molar-refractivity contribution in [2.75, 3.05) is 13.1 Å². The lowest BCUT2D eigenvalue weighted by molar-refractivity contribution is 0.307. The molecule has 2 aliphatic rings. The molecule has 1 aliphatic heterocycles. The highest BCUT2D eigenvalue weighted by molar-refractivity contribution is 7.89. The molecule has 5 nitrogen and oxygen atoms in total. The summed E-state index contributed by atoms with van der Waals surface area (Å²) in [7, 11) is -1.44. The van der Waals surface area contributed by atoms with E-state index >= 15 is 0 Å². The van der Waals surface area contributed by atoms with Crippen LogP contribution in [0.25, 0.3) is 11.0 Å². The van der Waals surface area contributed by atoms with Gasteiger partial charge in [0, 0.05) is 26.1 Å². The Morgan fingerprint density at radius 1 is 1.04 bits per heavy atom. The number of hydrogen-bond donors (Lipinski definition) is 0. The number of imidazole rings is 1. The van der Waals surface area contributed by atoms with Gasteiger partial charge in [-0.1, -0.05) is 18.2 Å². The smallest absolute Gasteiger partial charge is 0.243 e. The predicted molar refractivity (Wildman–Crippen MR) is 110 cm³/mol. The van der Waals surface area contributed by atoms with Crippen LogP contribution in [0.15, 0.2) is 47.4 Å². The van der Waals surface area contributed by atoms with Crippen LogP contribution in [0.5, 0.6) is 0 Å². The summed E-state index contributed by atoms with van der Waals surface area (Å²) in [5, 5.41) is 0. The quantitative estimate of drug-likeness (QED) is 0.680. The molecule has 1 unspecified atom stereocenters. The fraction of sp³-hybridized carbons (Fsp3) is 0.409. The van der Waals surface area contributed by atoms with Gasteiger partial charge in [-0.3, -0.25) is 0 Å². The maximum Gasteiger partial charge on any atom is 0.243 e. The summed E-state index contributed by atoms with van der Waals surface area (Å²) in [6.45, 7) is 1.08. The zero-order valence-corrected chi connectivity index (χ0v) is 17.0. The van der Waals surface area contributed by atoms with Crippen molar-refractivity contribution in [3.8, 4) is 0 Å². The fourth-order valence-electron chi connectivity index (χ4n) is 4.76. The predicted octanol–water partition coefficient (Wildman–Crippen LogP) is 3.63. The van der Waals surface area contributed by atoms with Crippen molar-refractivity contribution < 1.29 is 8.42 Å². The van der Waals surface area contributed by atoms with Crippen molar-refractivity contribution in [3.63, 3.8) is 0 Å². The Bertz CT molecular complexity index is 1150. The number of fused-ring (bicyclic) bond motifs is 2. The molecule has 28 heavy (non-hydrogen) atoms. The summed E-state index contributed by atoms with van der Waals surface area (Å²) in [4.78, 5) is 5.26. The number of aryl methyl sites for hydroxylation is 3. The minimum Gasteiger partial charge on any atom is -0.331 e. The molecule has 0 N–H and O–H groups in total. The number of hydrogen-bond acceptors (Lipinski definition) is 3. The molecule has 2 heterocycles. The van der Waals surface area contributed by atoms with E-state index in [1.165, 1.54) is 11.1 Å². The molecule has 6 heteroatoms. The van der Waals surface area contributed by atoms with Crippen LogP contribution in [0.4, 0.5) is 0 Å². The third-order valence-corrected chi connectivity index (χ3v) is 8.14. The van der Waals surface area contributed by atoms with Crippen LogP contribution in [-0.4, -0.2) is 35.4 Å². The molecule has 0 bridgehead atoms. The number of rotatable bonds is 3. The number of nitrogens with zero attached hydrogens (tertiary/aromatic N) is 3. The second-order valence-corrected chi connectivity index (χ2v) is 9.94. The maximum absolute atomic E-state index is 13.3. The van der Waals surface area contributed by atoms with Gasteiger partial charge in [-0.25, -0.2) is 13.4 Å². The first-order chi connectivity index (χ1) is 13.5. The Morgan fingerprint density at radius 2 is 1.86 bits per heavy atom. The number of benzene rings is 2. The molecule has 3 aromatic rings. The second-order valence-electron chi connectivity index (χ2n) is 8.00. The largest absolute Gasteiger partial charge is 0.331 e. The molecule has 0 radical (unpaired) electrons. The third kappa shape index (κ3) is 2.86. The van der Waals surface area contributed by atoms with E-state index in [0.29, 0.717) is 18.0 Å². The highest BCUT2D eigenvalue weighted by atomic mass is 32.2. The van der Waals surface area contributed by atoms with Crippen molar-refractivity contribution in [2.24, 2.45) is 7.05 Å². The van der Waals surface area contributed by atoms with Gasteiger partial charge in [0.1, 0.15) is 5.82 Å². The lowest BCUT2D eigenvalue weighted by Gasteiger charge is -2.31. The van der Waals surface area contributed by atoms with E-state index in [-0.39, 0.29) is 5.92 Å². The SMILES string of the molecule is Cn1c(C2CCCN(S(=O)(=O)c3ccc4c(c3)CCC4)C2)nc2ccccc21. The van der Waals surface area contributed by atoms with Gasteiger partial charge in [0.05, 0.1) is 15.9 Å². The Morgan fingerprint density at radius 3 is 2.71 bits per heavy atom. The standard InChI is InChI=1S/C22H25N3O2S/c1-24-21-10-3-2-9-20(21)23-22(24)18-8-5-13-25(15-18)28(26,27)19-12-11-16-6-4-7-17(16)14-19/h2-3,9-12,14,18H,4-8,13,15H2,1H3. The average Bonchev–Trinajstić information content (AvgIpc) is 3.32. The number of para-hydroxylation sites is 2. The molecule has 1 fully saturated rings. The van der Waals surface area contributed by atoms with Crippen molar-refractivity contribution in [2.45, 2.75) is 42.9 Å². The maximum atomic E-state index is 13.3. The Balaban J connectivity index is 1.45. The zero-order valence-electron chi connectivity index (χ0n) is 16.1. The molecule has 0 spiro atoms. The van der Waals surface area contributed by atoms with E-state index in [1.807, 2.05) is 37.4 Å². The summed E-state index contributed by atoms with van der Waals surface area (Å²) in [5.74, 6) is 1.10. The van der Waals surface area contributed by atoms with Crippen LogP contribution in [0.2, 0.25) is 0 Å². The number of sulfonamides is 1. The van der Waals surface area contributed by atoms with Crippen molar-refractivity contribution in [3.05, 3.63) is 59.4 Å². The van der Waals surface area contributed by atoms with Gasteiger partial charge in [0.25, 0.3) is 0 Å². The Hall–Kier alpha value is -2.18. The van der Waals surface area contributed by atoms with Crippen LogP contribution in [0, 0.1) is 0 Å². The Labute approximate surface area is 166 Å². The van der Waals surface area contributed by atoms with Gasteiger partial charge in [-0.2, -0.15) is 4.31 Å². The zero-order chi connectivity index (χ0) is 19.3. The van der Waals surface area contributed by atoms with Gasteiger partial charge < -0.3 is 4.57 Å². The summed E-state index contributed by atoms with van der Waals surface area (Å²) in [6, 6.07) is 13.8. The highest BCUT2D eigenvalue weighted by Gasteiger charge is 2.33. The molecule has 1 aromatic heterocycles. The average molecular weight is 396 g/mol. The molecule has 2 aromatic carbocycles. The minimum atomic E-state index is -3.47. The van der Waals surface area contributed by atoms with Crippen molar-refractivity contribution >= 4 is 21.1 Å². The van der Waals surface area contributed by atoms with Crippen LogP contribution in [0.3, 0.4) is 0 Å². The highest BCUT2D eigenvalue weighted by Crippen LogP contribution is 2.32. The van der Waals surface area contributed by atoms with Gasteiger partial charge in [0.15, 0.2) is 0 Å². The summed E-state index contributed by atoms with van der Waals surface area (Å²) >= 11 is 0. The summed E-state index contributed by atoms with van der Waals surface area (Å²) in [6.07, 6.45) is 5.00. The van der Waals surface area contributed by atoms with Crippen molar-refractivity contribution in [1.29, 1.82) is 0 Å². The van der Waals surface area contributed by atoms with E-state index in [2.05, 4.69) is 10.6 Å². The lowest BCUT2D eigenvalue weighted by atomic mass is 9.99. The van der Waals surface area contributed by atoms with Crippen LogP contribution < -0.4 is 0 Å². The Kier molecular flexibility index (Phi) is 4.29. The minimum absolute atomic E-state index is 0.121. The van der Waals surface area contributed by atoms with Gasteiger partial charge >= 0.3 is 0 Å². The normalized spacial score (nSPS) is 20.5. The first kappa shape index (κ1) is 17.9. The lowest BCUT2D eigenvalue weighted by Crippen LogP contribution is -2.39. The third-order valence-electron chi connectivity index (χ3n) is 6.28.